The first-order valence-electron chi connectivity index (χ1n) is 4.65. The highest BCUT2D eigenvalue weighted by Gasteiger charge is 2.13. The van der Waals surface area contributed by atoms with Gasteiger partial charge in [-0.1, -0.05) is 0 Å². The lowest BCUT2D eigenvalue weighted by Gasteiger charge is -2.07. The number of aromatic nitrogens is 2. The van der Waals surface area contributed by atoms with E-state index in [1.165, 1.54) is 18.0 Å². The second kappa shape index (κ2) is 3.92. The number of benzene rings is 1. The zero-order chi connectivity index (χ0) is 11.7. The first kappa shape index (κ1) is 10.6. The minimum Gasteiger partial charge on any atom is -0.494 e. The molecule has 0 bridgehead atoms. The summed E-state index contributed by atoms with van der Waals surface area (Å²) in [6.45, 7) is 0. The third-order valence-corrected chi connectivity index (χ3v) is 2.34. The number of hydrogen-bond donors (Lipinski definition) is 0. The number of aryl methyl sites for hydroxylation is 1. The Morgan fingerprint density at radius 3 is 2.56 bits per heavy atom. The molecule has 84 valence electrons. The van der Waals surface area contributed by atoms with E-state index in [4.69, 9.17) is 4.74 Å². The summed E-state index contributed by atoms with van der Waals surface area (Å²) in [7, 11) is 2.96. The summed E-state index contributed by atoms with van der Waals surface area (Å²) in [5, 5.41) is 3.90. The molecular weight excluding hydrogens is 214 g/mol. The number of nitrogens with zero attached hydrogens (tertiary/aromatic N) is 2. The van der Waals surface area contributed by atoms with Crippen molar-refractivity contribution in [3.05, 3.63) is 36.0 Å². The number of hydrogen-bond acceptors (Lipinski definition) is 2. The Hall–Kier alpha value is -1.91. The molecule has 0 amide bonds. The highest BCUT2D eigenvalue weighted by atomic mass is 19.1. The molecule has 1 heterocycles. The van der Waals surface area contributed by atoms with Crippen LogP contribution in [-0.4, -0.2) is 16.9 Å². The maximum absolute atomic E-state index is 13.7. The van der Waals surface area contributed by atoms with Crippen LogP contribution >= 0.6 is 0 Å². The monoisotopic (exact) mass is 224 g/mol. The van der Waals surface area contributed by atoms with Crippen molar-refractivity contribution >= 4 is 0 Å². The molecular formula is C11H10F2N2O. The van der Waals surface area contributed by atoms with Crippen LogP contribution in [0.1, 0.15) is 0 Å². The molecule has 0 atom stereocenters. The van der Waals surface area contributed by atoms with Crippen molar-refractivity contribution in [3.63, 3.8) is 0 Å². The van der Waals surface area contributed by atoms with E-state index in [-0.39, 0.29) is 11.3 Å². The van der Waals surface area contributed by atoms with Gasteiger partial charge in [0.25, 0.3) is 0 Å². The first-order chi connectivity index (χ1) is 7.63. The molecule has 0 aliphatic heterocycles. The molecule has 1 aromatic carbocycles. The van der Waals surface area contributed by atoms with Crippen LogP contribution in [0, 0.1) is 11.6 Å². The average Bonchev–Trinajstić information content (AvgIpc) is 2.67. The molecule has 0 aliphatic rings. The van der Waals surface area contributed by atoms with E-state index in [1.54, 1.807) is 13.1 Å². The SMILES string of the molecule is COc1cc(F)c(-c2ccnn2C)cc1F. The predicted molar refractivity (Wildman–Crippen MR) is 55.1 cm³/mol. The molecule has 0 fully saturated rings. The van der Waals surface area contributed by atoms with Crippen molar-refractivity contribution < 1.29 is 13.5 Å². The van der Waals surface area contributed by atoms with Crippen LogP contribution in [0.2, 0.25) is 0 Å². The summed E-state index contributed by atoms with van der Waals surface area (Å²) in [5.74, 6) is -1.25. The highest BCUT2D eigenvalue weighted by Crippen LogP contribution is 2.28. The normalized spacial score (nSPS) is 10.5. The Bertz CT molecular complexity index is 523. The Kier molecular flexibility index (Phi) is 2.60. The number of halogens is 2. The highest BCUT2D eigenvalue weighted by molar-refractivity contribution is 5.61. The Balaban J connectivity index is 2.59. The van der Waals surface area contributed by atoms with E-state index in [9.17, 15) is 8.78 Å². The standard InChI is InChI=1S/C11H10F2N2O/c1-15-10(3-4-14-15)7-5-9(13)11(16-2)6-8(7)12/h3-6H,1-2H3. The van der Waals surface area contributed by atoms with Gasteiger partial charge < -0.3 is 4.74 Å². The van der Waals surface area contributed by atoms with Crippen molar-refractivity contribution in [2.75, 3.05) is 7.11 Å². The molecule has 1 aromatic heterocycles. The van der Waals surface area contributed by atoms with E-state index >= 15 is 0 Å². The largest absolute Gasteiger partial charge is 0.494 e. The maximum Gasteiger partial charge on any atom is 0.165 e. The van der Waals surface area contributed by atoms with Crippen LogP contribution in [0.4, 0.5) is 8.78 Å². The van der Waals surface area contributed by atoms with Crippen LogP contribution in [0.25, 0.3) is 11.3 Å². The summed E-state index contributed by atoms with van der Waals surface area (Å²) in [6, 6.07) is 3.74. The van der Waals surface area contributed by atoms with Gasteiger partial charge in [0.2, 0.25) is 0 Å². The lowest BCUT2D eigenvalue weighted by atomic mass is 10.1. The Labute approximate surface area is 91.3 Å². The van der Waals surface area contributed by atoms with Crippen molar-refractivity contribution in [2.24, 2.45) is 7.05 Å². The van der Waals surface area contributed by atoms with Gasteiger partial charge >= 0.3 is 0 Å². The summed E-state index contributed by atoms with van der Waals surface area (Å²) in [6.07, 6.45) is 1.52. The fourth-order valence-electron chi connectivity index (χ4n) is 1.52. The summed E-state index contributed by atoms with van der Waals surface area (Å²) >= 11 is 0. The molecule has 0 radical (unpaired) electrons. The molecule has 0 N–H and O–H groups in total. The lowest BCUT2D eigenvalue weighted by Crippen LogP contribution is -1.97. The zero-order valence-electron chi connectivity index (χ0n) is 8.87. The van der Waals surface area contributed by atoms with Crippen LogP contribution in [-0.2, 0) is 7.05 Å². The van der Waals surface area contributed by atoms with Gasteiger partial charge in [-0.2, -0.15) is 5.10 Å². The number of ether oxygens (including phenoxy) is 1. The quantitative estimate of drug-likeness (QED) is 0.783. The van der Waals surface area contributed by atoms with E-state index in [2.05, 4.69) is 5.10 Å². The predicted octanol–water partition coefficient (Wildman–Crippen LogP) is 2.37. The average molecular weight is 224 g/mol. The Morgan fingerprint density at radius 2 is 2.00 bits per heavy atom. The lowest BCUT2D eigenvalue weighted by molar-refractivity contribution is 0.383. The minimum atomic E-state index is -0.597. The van der Waals surface area contributed by atoms with Crippen LogP contribution in [0.5, 0.6) is 5.75 Å². The van der Waals surface area contributed by atoms with E-state index < -0.39 is 11.6 Å². The smallest absolute Gasteiger partial charge is 0.165 e. The van der Waals surface area contributed by atoms with Crippen molar-refractivity contribution in [1.29, 1.82) is 0 Å². The van der Waals surface area contributed by atoms with Crippen molar-refractivity contribution in [3.8, 4) is 17.0 Å². The van der Waals surface area contributed by atoms with E-state index in [0.29, 0.717) is 5.69 Å². The van der Waals surface area contributed by atoms with Crippen molar-refractivity contribution in [1.82, 2.24) is 9.78 Å². The molecule has 0 saturated heterocycles. The van der Waals surface area contributed by atoms with Crippen LogP contribution < -0.4 is 4.74 Å². The summed E-state index contributed by atoms with van der Waals surface area (Å²) < 4.78 is 33.3. The summed E-state index contributed by atoms with van der Waals surface area (Å²) in [4.78, 5) is 0. The van der Waals surface area contributed by atoms with Gasteiger partial charge in [0, 0.05) is 24.9 Å². The van der Waals surface area contributed by atoms with E-state index in [1.807, 2.05) is 0 Å². The molecule has 0 aliphatic carbocycles. The van der Waals surface area contributed by atoms with Gasteiger partial charge in [0.15, 0.2) is 11.6 Å². The van der Waals surface area contributed by atoms with Crippen molar-refractivity contribution in [2.45, 2.75) is 0 Å². The Morgan fingerprint density at radius 1 is 1.25 bits per heavy atom. The fourth-order valence-corrected chi connectivity index (χ4v) is 1.52. The fraction of sp³-hybridized carbons (Fsp3) is 0.182. The van der Waals surface area contributed by atoms with Crippen LogP contribution in [0.15, 0.2) is 24.4 Å². The first-order valence-corrected chi connectivity index (χ1v) is 4.65. The molecule has 2 aromatic rings. The maximum atomic E-state index is 13.7. The second-order valence-electron chi connectivity index (χ2n) is 3.31. The third kappa shape index (κ3) is 1.64. The van der Waals surface area contributed by atoms with Gasteiger partial charge in [-0.25, -0.2) is 8.78 Å². The third-order valence-electron chi connectivity index (χ3n) is 2.34. The second-order valence-corrected chi connectivity index (χ2v) is 3.31. The summed E-state index contributed by atoms with van der Waals surface area (Å²) in [5.41, 5.74) is 0.678. The zero-order valence-corrected chi connectivity index (χ0v) is 8.87. The van der Waals surface area contributed by atoms with Crippen LogP contribution in [0.3, 0.4) is 0 Å². The molecule has 5 heteroatoms. The molecule has 0 spiro atoms. The number of rotatable bonds is 2. The van der Waals surface area contributed by atoms with Gasteiger partial charge in [0.05, 0.1) is 12.8 Å². The van der Waals surface area contributed by atoms with Gasteiger partial charge in [-0.3, -0.25) is 4.68 Å². The minimum absolute atomic E-state index is 0.108. The molecule has 0 saturated carbocycles. The molecule has 2 rings (SSSR count). The number of methoxy groups -OCH3 is 1. The van der Waals surface area contributed by atoms with Gasteiger partial charge in [-0.05, 0) is 12.1 Å². The molecule has 0 unspecified atom stereocenters. The molecule has 16 heavy (non-hydrogen) atoms. The van der Waals surface area contributed by atoms with Gasteiger partial charge in [-0.15, -0.1) is 0 Å². The topological polar surface area (TPSA) is 27.1 Å². The molecule has 3 nitrogen and oxygen atoms in total. The van der Waals surface area contributed by atoms with E-state index in [0.717, 1.165) is 12.1 Å². The van der Waals surface area contributed by atoms with Gasteiger partial charge in [0.1, 0.15) is 5.82 Å².